The molecule has 0 aliphatic rings. The highest BCUT2D eigenvalue weighted by molar-refractivity contribution is 5.19. The molecule has 17 heavy (non-hydrogen) atoms. The van der Waals surface area contributed by atoms with Crippen LogP contribution in [0.4, 0.5) is 0 Å². The molecule has 3 atom stereocenters. The predicted molar refractivity (Wildman–Crippen MR) is 71.7 cm³/mol. The lowest BCUT2D eigenvalue weighted by atomic mass is 9.95. The molecule has 96 valence electrons. The summed E-state index contributed by atoms with van der Waals surface area (Å²) in [6.45, 7) is 5.24. The predicted octanol–water partition coefficient (Wildman–Crippen LogP) is 1.64. The maximum Gasteiger partial charge on any atom is 0.0584 e. The van der Waals surface area contributed by atoms with Crippen LogP contribution in [0, 0.1) is 5.92 Å². The van der Waals surface area contributed by atoms with Crippen LogP contribution in [0.1, 0.15) is 25.5 Å². The first kappa shape index (κ1) is 14.2. The Morgan fingerprint density at radius 1 is 1.24 bits per heavy atom. The van der Waals surface area contributed by atoms with Crippen molar-refractivity contribution in [3.63, 3.8) is 0 Å². The van der Waals surface area contributed by atoms with E-state index in [0.717, 1.165) is 6.54 Å². The van der Waals surface area contributed by atoms with Gasteiger partial charge in [-0.1, -0.05) is 37.3 Å². The van der Waals surface area contributed by atoms with Crippen LogP contribution < -0.4 is 5.73 Å². The molecular formula is C14H24N2O. The lowest BCUT2D eigenvalue weighted by molar-refractivity contribution is 0.140. The van der Waals surface area contributed by atoms with Crippen molar-refractivity contribution >= 4 is 0 Å². The highest BCUT2D eigenvalue weighted by Gasteiger charge is 2.18. The zero-order chi connectivity index (χ0) is 12.8. The average molecular weight is 236 g/mol. The summed E-state index contributed by atoms with van der Waals surface area (Å²) in [6.07, 6.45) is 0. The first-order chi connectivity index (χ1) is 8.06. The number of hydrogen-bond donors (Lipinski definition) is 2. The maximum absolute atomic E-state index is 9.10. The summed E-state index contributed by atoms with van der Waals surface area (Å²) in [4.78, 5) is 2.15. The molecule has 0 heterocycles. The third-order valence-electron chi connectivity index (χ3n) is 3.39. The third kappa shape index (κ3) is 4.11. The van der Waals surface area contributed by atoms with Gasteiger partial charge in [0.15, 0.2) is 0 Å². The van der Waals surface area contributed by atoms with Gasteiger partial charge in [-0.05, 0) is 25.5 Å². The Hall–Kier alpha value is -0.900. The van der Waals surface area contributed by atoms with E-state index in [1.807, 2.05) is 32.2 Å². The fourth-order valence-corrected chi connectivity index (χ4v) is 1.89. The van der Waals surface area contributed by atoms with E-state index in [4.69, 9.17) is 10.8 Å². The molecule has 0 aromatic heterocycles. The van der Waals surface area contributed by atoms with Crippen molar-refractivity contribution in [1.29, 1.82) is 0 Å². The molecule has 0 amide bonds. The number of benzene rings is 1. The van der Waals surface area contributed by atoms with E-state index in [0.29, 0.717) is 5.92 Å². The third-order valence-corrected chi connectivity index (χ3v) is 3.39. The average Bonchev–Trinajstić information content (AvgIpc) is 2.37. The molecule has 0 aliphatic carbocycles. The van der Waals surface area contributed by atoms with Crippen molar-refractivity contribution in [2.75, 3.05) is 20.2 Å². The monoisotopic (exact) mass is 236 g/mol. The van der Waals surface area contributed by atoms with E-state index >= 15 is 0 Å². The van der Waals surface area contributed by atoms with E-state index in [-0.39, 0.29) is 18.7 Å². The number of nitrogens with two attached hydrogens (primary N) is 1. The molecule has 3 N–H and O–H groups in total. The summed E-state index contributed by atoms with van der Waals surface area (Å²) in [5.41, 5.74) is 7.41. The van der Waals surface area contributed by atoms with Gasteiger partial charge >= 0.3 is 0 Å². The minimum Gasteiger partial charge on any atom is -0.395 e. The zero-order valence-electron chi connectivity index (χ0n) is 11.0. The van der Waals surface area contributed by atoms with Crippen LogP contribution in [-0.4, -0.2) is 36.2 Å². The molecule has 0 saturated heterocycles. The number of rotatable bonds is 6. The van der Waals surface area contributed by atoms with Gasteiger partial charge in [0.1, 0.15) is 0 Å². The molecule has 0 bridgehead atoms. The zero-order valence-corrected chi connectivity index (χ0v) is 11.0. The number of likely N-dealkylation sites (N-methyl/N-ethyl adjacent to an activating group) is 1. The van der Waals surface area contributed by atoms with Gasteiger partial charge in [0, 0.05) is 18.6 Å². The van der Waals surface area contributed by atoms with Crippen molar-refractivity contribution < 1.29 is 5.11 Å². The van der Waals surface area contributed by atoms with Crippen LogP contribution in [0.2, 0.25) is 0 Å². The Morgan fingerprint density at radius 3 is 2.35 bits per heavy atom. The van der Waals surface area contributed by atoms with Crippen LogP contribution in [0.3, 0.4) is 0 Å². The molecule has 1 aromatic carbocycles. The van der Waals surface area contributed by atoms with Crippen molar-refractivity contribution in [3.05, 3.63) is 35.9 Å². The second kappa shape index (κ2) is 6.74. The molecule has 1 rings (SSSR count). The topological polar surface area (TPSA) is 49.5 Å². The number of aliphatic hydroxyl groups excluding tert-OH is 1. The van der Waals surface area contributed by atoms with E-state index in [2.05, 4.69) is 24.0 Å². The lowest BCUT2D eigenvalue weighted by Crippen LogP contribution is -2.38. The Bertz CT molecular complexity index is 315. The first-order valence-corrected chi connectivity index (χ1v) is 6.18. The molecule has 0 aliphatic heterocycles. The second-order valence-corrected chi connectivity index (χ2v) is 4.88. The van der Waals surface area contributed by atoms with Crippen molar-refractivity contribution in [1.82, 2.24) is 4.90 Å². The van der Waals surface area contributed by atoms with Gasteiger partial charge in [-0.3, -0.25) is 0 Å². The number of nitrogens with zero attached hydrogens (tertiary/aromatic N) is 1. The van der Waals surface area contributed by atoms with Gasteiger partial charge in [0.05, 0.1) is 6.61 Å². The lowest BCUT2D eigenvalue weighted by Gasteiger charge is -2.29. The fourth-order valence-electron chi connectivity index (χ4n) is 1.89. The van der Waals surface area contributed by atoms with E-state index < -0.39 is 0 Å². The molecule has 0 fully saturated rings. The molecular weight excluding hydrogens is 212 g/mol. The Labute approximate surface area is 104 Å². The normalized spacial score (nSPS) is 16.8. The summed E-state index contributed by atoms with van der Waals surface area (Å²) >= 11 is 0. The van der Waals surface area contributed by atoms with Crippen LogP contribution in [0.15, 0.2) is 30.3 Å². The van der Waals surface area contributed by atoms with E-state index in [1.165, 1.54) is 5.56 Å². The highest BCUT2D eigenvalue weighted by atomic mass is 16.3. The largest absolute Gasteiger partial charge is 0.395 e. The van der Waals surface area contributed by atoms with Gasteiger partial charge in [-0.25, -0.2) is 0 Å². The van der Waals surface area contributed by atoms with Gasteiger partial charge in [-0.2, -0.15) is 0 Å². The summed E-state index contributed by atoms with van der Waals surface area (Å²) in [5.74, 6) is 0.358. The molecule has 0 radical (unpaired) electrons. The highest BCUT2D eigenvalue weighted by Crippen LogP contribution is 2.20. The molecule has 1 aromatic rings. The minimum atomic E-state index is 0.0459. The quantitative estimate of drug-likeness (QED) is 0.789. The second-order valence-electron chi connectivity index (χ2n) is 4.88. The van der Waals surface area contributed by atoms with E-state index in [1.54, 1.807) is 0 Å². The minimum absolute atomic E-state index is 0.0459. The maximum atomic E-state index is 9.10. The van der Waals surface area contributed by atoms with Gasteiger partial charge in [0.25, 0.3) is 0 Å². The van der Waals surface area contributed by atoms with Crippen LogP contribution in [-0.2, 0) is 0 Å². The fraction of sp³-hybridized carbons (Fsp3) is 0.571. The van der Waals surface area contributed by atoms with Crippen LogP contribution >= 0.6 is 0 Å². The van der Waals surface area contributed by atoms with Crippen molar-refractivity contribution in [3.8, 4) is 0 Å². The molecule has 3 heteroatoms. The van der Waals surface area contributed by atoms with Gasteiger partial charge in [-0.15, -0.1) is 0 Å². The smallest absolute Gasteiger partial charge is 0.0584 e. The molecule has 0 saturated carbocycles. The molecule has 3 nitrogen and oxygen atoms in total. The molecule has 3 unspecified atom stereocenters. The van der Waals surface area contributed by atoms with Crippen molar-refractivity contribution in [2.24, 2.45) is 11.7 Å². The molecule has 0 spiro atoms. The summed E-state index contributed by atoms with van der Waals surface area (Å²) in [5, 5.41) is 9.10. The SMILES string of the molecule is CC(CN(C)C(C)CO)C(N)c1ccccc1. The standard InChI is InChI=1S/C14H24N2O/c1-11(9-16(3)12(2)10-17)14(15)13-7-5-4-6-8-13/h4-8,11-12,14,17H,9-10,15H2,1-3H3. The first-order valence-electron chi connectivity index (χ1n) is 6.18. The Kier molecular flexibility index (Phi) is 5.62. The van der Waals surface area contributed by atoms with E-state index in [9.17, 15) is 0 Å². The Morgan fingerprint density at radius 2 is 1.82 bits per heavy atom. The van der Waals surface area contributed by atoms with Crippen molar-refractivity contribution in [2.45, 2.75) is 25.9 Å². The summed E-state index contributed by atoms with van der Waals surface area (Å²) in [6, 6.07) is 10.4. The van der Waals surface area contributed by atoms with Gasteiger partial charge in [0.2, 0.25) is 0 Å². The Balaban J connectivity index is 2.56. The van der Waals surface area contributed by atoms with Crippen LogP contribution in [0.25, 0.3) is 0 Å². The summed E-state index contributed by atoms with van der Waals surface area (Å²) < 4.78 is 0. The van der Waals surface area contributed by atoms with Crippen LogP contribution in [0.5, 0.6) is 0 Å². The number of aliphatic hydroxyl groups is 1. The number of hydrogen-bond acceptors (Lipinski definition) is 3. The van der Waals surface area contributed by atoms with Gasteiger partial charge < -0.3 is 15.7 Å². The summed E-state index contributed by atoms with van der Waals surface area (Å²) in [7, 11) is 2.02.